The first-order valence-electron chi connectivity index (χ1n) is 7.91. The van der Waals surface area contributed by atoms with Gasteiger partial charge in [-0.2, -0.15) is 5.10 Å². The van der Waals surface area contributed by atoms with E-state index in [0.717, 1.165) is 11.3 Å². The van der Waals surface area contributed by atoms with Crippen LogP contribution in [0.3, 0.4) is 0 Å². The van der Waals surface area contributed by atoms with Crippen LogP contribution in [-0.2, 0) is 11.8 Å². The molecule has 0 aliphatic carbocycles. The molecule has 3 heterocycles. The van der Waals surface area contributed by atoms with Crippen LogP contribution in [0.5, 0.6) is 0 Å². The Bertz CT molecular complexity index is 843. The minimum absolute atomic E-state index is 0.150. The van der Waals surface area contributed by atoms with E-state index in [2.05, 4.69) is 20.7 Å². The fourth-order valence-corrected chi connectivity index (χ4v) is 2.81. The highest BCUT2D eigenvalue weighted by Crippen LogP contribution is 2.30. The topological polar surface area (TPSA) is 109 Å². The van der Waals surface area contributed by atoms with Gasteiger partial charge in [0.15, 0.2) is 0 Å². The highest BCUT2D eigenvalue weighted by Gasteiger charge is 2.20. The Morgan fingerprint density at radius 1 is 1.48 bits per heavy atom. The van der Waals surface area contributed by atoms with Crippen molar-refractivity contribution in [1.82, 2.24) is 20.1 Å². The highest BCUT2D eigenvalue weighted by molar-refractivity contribution is 5.96. The molecular formula is C17H19N5O3. The van der Waals surface area contributed by atoms with E-state index in [4.69, 9.17) is 5.11 Å². The number of hydrogen-bond acceptors (Lipinski definition) is 4. The second-order valence-electron chi connectivity index (χ2n) is 5.94. The van der Waals surface area contributed by atoms with Gasteiger partial charge < -0.3 is 15.7 Å². The normalized spacial score (nSPS) is 20.0. The van der Waals surface area contributed by atoms with E-state index in [-0.39, 0.29) is 11.8 Å². The number of aromatic nitrogens is 3. The van der Waals surface area contributed by atoms with Gasteiger partial charge in [-0.15, -0.1) is 0 Å². The molecule has 1 aliphatic heterocycles. The van der Waals surface area contributed by atoms with E-state index in [0.29, 0.717) is 17.8 Å². The molecular weight excluding hydrogens is 322 g/mol. The number of nitrogens with one attached hydrogen (secondary N) is 2. The van der Waals surface area contributed by atoms with E-state index in [1.54, 1.807) is 49.3 Å². The monoisotopic (exact) mass is 341 g/mol. The Balaban J connectivity index is 2.13. The Hall–Kier alpha value is -3.16. The van der Waals surface area contributed by atoms with E-state index in [9.17, 15) is 9.59 Å². The van der Waals surface area contributed by atoms with Crippen LogP contribution in [0.15, 0.2) is 36.7 Å². The Labute approximate surface area is 144 Å². The maximum Gasteiger partial charge on any atom is 0.405 e. The van der Waals surface area contributed by atoms with Gasteiger partial charge in [0, 0.05) is 18.8 Å². The van der Waals surface area contributed by atoms with Gasteiger partial charge in [-0.25, -0.2) is 4.79 Å². The molecule has 130 valence electrons. The average molecular weight is 341 g/mol. The van der Waals surface area contributed by atoms with Gasteiger partial charge in [-0.1, -0.05) is 19.1 Å². The molecule has 2 aromatic rings. The summed E-state index contributed by atoms with van der Waals surface area (Å²) in [6, 6.07) is 3.12. The van der Waals surface area contributed by atoms with Gasteiger partial charge in [0.05, 0.1) is 35.2 Å². The molecule has 2 aromatic heterocycles. The number of pyridine rings is 1. The summed E-state index contributed by atoms with van der Waals surface area (Å²) in [7, 11) is 1.78. The van der Waals surface area contributed by atoms with Crippen LogP contribution < -0.4 is 10.6 Å². The summed E-state index contributed by atoms with van der Waals surface area (Å²) >= 11 is 0. The van der Waals surface area contributed by atoms with Crippen molar-refractivity contribution < 1.29 is 14.7 Å². The third-order valence-corrected chi connectivity index (χ3v) is 4.12. The molecule has 3 rings (SSSR count). The van der Waals surface area contributed by atoms with Gasteiger partial charge in [0.2, 0.25) is 5.91 Å². The average Bonchev–Trinajstić information content (AvgIpc) is 2.93. The number of carbonyl (C=O) groups is 2. The quantitative estimate of drug-likeness (QED) is 0.690. The van der Waals surface area contributed by atoms with E-state index in [1.807, 2.05) is 6.07 Å². The SMILES string of the molecule is C[C@@H]1C=CC[C@H](NC(=O)O)c2cc(ccn2)-c2c(cnn2C)NC1=O. The Kier molecular flexibility index (Phi) is 4.51. The lowest BCUT2D eigenvalue weighted by Gasteiger charge is -2.17. The molecule has 0 saturated heterocycles. The summed E-state index contributed by atoms with van der Waals surface area (Å²) in [4.78, 5) is 27.8. The van der Waals surface area contributed by atoms with E-state index >= 15 is 0 Å². The lowest BCUT2D eigenvalue weighted by atomic mass is 10.0. The molecule has 0 saturated carbocycles. The van der Waals surface area contributed by atoms with Gasteiger partial charge in [0.25, 0.3) is 0 Å². The molecule has 2 bridgehead atoms. The molecule has 8 nitrogen and oxygen atoms in total. The Morgan fingerprint density at radius 3 is 3.04 bits per heavy atom. The molecule has 0 spiro atoms. The third kappa shape index (κ3) is 3.52. The third-order valence-electron chi connectivity index (χ3n) is 4.12. The van der Waals surface area contributed by atoms with Crippen LogP contribution in [0, 0.1) is 5.92 Å². The molecule has 2 amide bonds. The van der Waals surface area contributed by atoms with Crippen molar-refractivity contribution in [2.45, 2.75) is 19.4 Å². The minimum Gasteiger partial charge on any atom is -0.465 e. The number of hydrogen-bond donors (Lipinski definition) is 3. The standard InChI is InChI=1S/C17H19N5O3/c1-10-4-3-5-12(21-17(24)25)13-8-11(6-7-18-13)15-14(20-16(10)23)9-19-22(15)2/h3-4,6-10,12,21H,5H2,1-2H3,(H,20,23)(H,24,25)/t10-,12+/m1/s1. The van der Waals surface area contributed by atoms with Crippen LogP contribution in [0.2, 0.25) is 0 Å². The van der Waals surface area contributed by atoms with Crippen molar-refractivity contribution in [3.63, 3.8) is 0 Å². The molecule has 0 aromatic carbocycles. The van der Waals surface area contributed by atoms with Crippen molar-refractivity contribution >= 4 is 17.7 Å². The number of fused-ring (bicyclic) bond motifs is 4. The zero-order valence-corrected chi connectivity index (χ0v) is 13.9. The number of anilines is 1. The van der Waals surface area contributed by atoms with Crippen molar-refractivity contribution in [2.24, 2.45) is 13.0 Å². The number of aryl methyl sites for hydroxylation is 1. The molecule has 25 heavy (non-hydrogen) atoms. The number of nitrogens with zero attached hydrogens (tertiary/aromatic N) is 3. The van der Waals surface area contributed by atoms with Gasteiger partial charge in [0.1, 0.15) is 0 Å². The van der Waals surface area contributed by atoms with Crippen molar-refractivity contribution in [3.8, 4) is 11.3 Å². The van der Waals surface area contributed by atoms with Gasteiger partial charge in [-0.3, -0.25) is 14.5 Å². The molecule has 0 unspecified atom stereocenters. The van der Waals surface area contributed by atoms with Gasteiger partial charge in [-0.05, 0) is 18.6 Å². The lowest BCUT2D eigenvalue weighted by Crippen LogP contribution is -2.27. The maximum atomic E-state index is 12.4. The van der Waals surface area contributed by atoms with Crippen molar-refractivity contribution in [1.29, 1.82) is 0 Å². The van der Waals surface area contributed by atoms with Crippen LogP contribution in [0.25, 0.3) is 11.3 Å². The second kappa shape index (κ2) is 6.76. The van der Waals surface area contributed by atoms with Crippen LogP contribution >= 0.6 is 0 Å². The smallest absolute Gasteiger partial charge is 0.405 e. The van der Waals surface area contributed by atoms with E-state index < -0.39 is 12.1 Å². The summed E-state index contributed by atoms with van der Waals surface area (Å²) < 4.78 is 1.67. The zero-order chi connectivity index (χ0) is 18.0. The molecule has 0 fully saturated rings. The predicted octanol–water partition coefficient (Wildman–Crippen LogP) is 2.33. The lowest BCUT2D eigenvalue weighted by molar-refractivity contribution is -0.118. The second-order valence-corrected chi connectivity index (χ2v) is 5.94. The van der Waals surface area contributed by atoms with Crippen molar-refractivity contribution in [2.75, 3.05) is 5.32 Å². The molecule has 3 N–H and O–H groups in total. The zero-order valence-electron chi connectivity index (χ0n) is 13.9. The summed E-state index contributed by atoms with van der Waals surface area (Å²) in [6.07, 6.45) is 6.06. The van der Waals surface area contributed by atoms with Crippen LogP contribution in [-0.4, -0.2) is 31.9 Å². The van der Waals surface area contributed by atoms with Crippen molar-refractivity contribution in [3.05, 3.63) is 42.4 Å². The first-order chi connectivity index (χ1) is 12.0. The number of amides is 2. The van der Waals surface area contributed by atoms with E-state index in [1.165, 1.54) is 0 Å². The number of carbonyl (C=O) groups excluding carboxylic acids is 1. The van der Waals surface area contributed by atoms with Crippen LogP contribution in [0.1, 0.15) is 25.1 Å². The molecule has 0 radical (unpaired) electrons. The summed E-state index contributed by atoms with van der Waals surface area (Å²) in [6.45, 7) is 1.78. The maximum absolute atomic E-state index is 12.4. The van der Waals surface area contributed by atoms with Gasteiger partial charge >= 0.3 is 6.09 Å². The summed E-state index contributed by atoms with van der Waals surface area (Å²) in [5.74, 6) is -0.507. The fourth-order valence-electron chi connectivity index (χ4n) is 2.81. The molecule has 8 heteroatoms. The highest BCUT2D eigenvalue weighted by atomic mass is 16.4. The van der Waals surface area contributed by atoms with Crippen LogP contribution in [0.4, 0.5) is 10.5 Å². The minimum atomic E-state index is -1.12. The molecule has 1 aliphatic rings. The largest absolute Gasteiger partial charge is 0.465 e. The summed E-state index contributed by atoms with van der Waals surface area (Å²) in [5.41, 5.74) is 2.75. The fraction of sp³-hybridized carbons (Fsp3) is 0.294. The Morgan fingerprint density at radius 2 is 2.28 bits per heavy atom. The number of carboxylic acid groups (broad SMARTS) is 1. The first kappa shape index (κ1) is 16.7. The first-order valence-corrected chi connectivity index (χ1v) is 7.91. The predicted molar refractivity (Wildman–Crippen MR) is 91.9 cm³/mol. The summed E-state index contributed by atoms with van der Waals surface area (Å²) in [5, 5.41) is 18.7. The number of rotatable bonds is 1. The molecule has 2 atom stereocenters.